The van der Waals surface area contributed by atoms with Crippen LogP contribution in [0.4, 0.5) is 0 Å². The van der Waals surface area contributed by atoms with E-state index in [-0.39, 0.29) is 41.7 Å². The van der Waals surface area contributed by atoms with Gasteiger partial charge in [0.1, 0.15) is 5.75 Å². The minimum absolute atomic E-state index is 0. The Balaban J connectivity index is 0.00000261. The van der Waals surface area contributed by atoms with Crippen molar-refractivity contribution in [2.45, 2.75) is 12.5 Å². The number of carbonyl (C=O) groups is 2. The van der Waals surface area contributed by atoms with Gasteiger partial charge in [-0.25, -0.2) is 0 Å². The van der Waals surface area contributed by atoms with Crippen LogP contribution < -0.4 is 40.0 Å². The van der Waals surface area contributed by atoms with Crippen LogP contribution in [0.3, 0.4) is 0 Å². The normalized spacial score (nSPS) is 11.9. The van der Waals surface area contributed by atoms with Crippen LogP contribution in [-0.4, -0.2) is 28.0 Å². The average molecular weight is 372 g/mol. The molecule has 0 bridgehead atoms. The zero-order valence-corrected chi connectivity index (χ0v) is 16.8. The van der Waals surface area contributed by atoms with Crippen LogP contribution >= 0.6 is 0 Å². The third kappa shape index (κ3) is 5.47. The first-order valence-corrected chi connectivity index (χ1v) is 8.06. The molecule has 0 spiro atoms. The van der Waals surface area contributed by atoms with Crippen molar-refractivity contribution in [3.63, 3.8) is 0 Å². The van der Waals surface area contributed by atoms with Crippen molar-refractivity contribution in [3.8, 4) is 5.75 Å². The van der Waals surface area contributed by atoms with E-state index >= 15 is 0 Å². The number of hydrogen-bond acceptors (Lipinski definition) is 4. The number of aromatic amines is 1. The topological polar surface area (TPSA) is 105 Å². The molecule has 0 fully saturated rings. The van der Waals surface area contributed by atoms with E-state index in [1.54, 1.807) is 18.3 Å². The summed E-state index contributed by atoms with van der Waals surface area (Å²) in [4.78, 5) is 26.5. The van der Waals surface area contributed by atoms with Crippen LogP contribution in [0.25, 0.3) is 17.0 Å². The zero-order valence-electron chi connectivity index (χ0n) is 14.8. The predicted molar refractivity (Wildman–Crippen MR) is 96.1 cm³/mol. The third-order valence-corrected chi connectivity index (χ3v) is 4.02. The molecular weight excluding hydrogens is 355 g/mol. The van der Waals surface area contributed by atoms with Gasteiger partial charge in [0.25, 0.3) is 0 Å². The van der Waals surface area contributed by atoms with Gasteiger partial charge in [0.05, 0.1) is 12.0 Å². The van der Waals surface area contributed by atoms with Crippen molar-refractivity contribution in [2.24, 2.45) is 0 Å². The first-order valence-electron chi connectivity index (χ1n) is 8.06. The molecule has 1 heterocycles. The Morgan fingerprint density at radius 3 is 2.56 bits per heavy atom. The standard InChI is InChI=1S/C20H18N2O4.Na/c23-15-8-5-13(6-9-15)7-10-19(24)22-18(20(25)26)11-14-12-21-17-4-2-1-3-16(14)17;/h1-10,12,18,21,23H,11H2,(H,22,24)(H,25,26);/q;+1/p-1/t18-;/m0./s1. The number of benzene rings is 2. The fourth-order valence-corrected chi connectivity index (χ4v) is 2.69. The first-order chi connectivity index (χ1) is 12.5. The number of phenolic OH excluding ortho intramolecular Hbond substituents is 1. The molecule has 0 unspecified atom stereocenters. The molecule has 27 heavy (non-hydrogen) atoms. The monoisotopic (exact) mass is 372 g/mol. The van der Waals surface area contributed by atoms with Gasteiger partial charge in [0, 0.05) is 29.6 Å². The quantitative estimate of drug-likeness (QED) is 0.357. The van der Waals surface area contributed by atoms with Crippen molar-refractivity contribution in [1.82, 2.24) is 10.3 Å². The fourth-order valence-electron chi connectivity index (χ4n) is 2.69. The zero-order chi connectivity index (χ0) is 18.5. The molecule has 0 radical (unpaired) electrons. The minimum atomic E-state index is -1.35. The largest absolute Gasteiger partial charge is 1.00 e. The average Bonchev–Trinajstić information content (AvgIpc) is 3.04. The Hall–Kier alpha value is -2.54. The number of aliphatic carboxylic acids is 1. The molecule has 1 atom stereocenters. The van der Waals surface area contributed by atoms with E-state index < -0.39 is 17.9 Å². The number of carbonyl (C=O) groups excluding carboxylic acids is 2. The number of nitrogens with one attached hydrogen (secondary N) is 2. The number of carboxylic acids is 1. The van der Waals surface area contributed by atoms with Gasteiger partial charge < -0.3 is 25.3 Å². The van der Waals surface area contributed by atoms with Gasteiger partial charge in [-0.05, 0) is 35.4 Å². The number of aromatic hydroxyl groups is 1. The smallest absolute Gasteiger partial charge is 0.548 e. The maximum atomic E-state index is 12.0. The van der Waals surface area contributed by atoms with E-state index in [0.717, 1.165) is 16.5 Å². The summed E-state index contributed by atoms with van der Waals surface area (Å²) in [7, 11) is 0. The molecule has 2 aromatic carbocycles. The second-order valence-corrected chi connectivity index (χ2v) is 5.87. The predicted octanol–water partition coefficient (Wildman–Crippen LogP) is -1.63. The summed E-state index contributed by atoms with van der Waals surface area (Å²) in [6.07, 6.45) is 4.63. The molecular formula is C20H17N2NaO4. The number of fused-ring (bicyclic) bond motifs is 1. The van der Waals surface area contributed by atoms with E-state index in [1.807, 2.05) is 24.3 Å². The molecule has 3 aromatic rings. The van der Waals surface area contributed by atoms with Gasteiger partial charge >= 0.3 is 29.6 Å². The Bertz CT molecular complexity index is 964. The number of aromatic nitrogens is 1. The molecule has 3 N–H and O–H groups in total. The number of rotatable bonds is 6. The van der Waals surface area contributed by atoms with E-state index in [1.165, 1.54) is 24.3 Å². The molecule has 0 saturated carbocycles. The maximum absolute atomic E-state index is 12.0. The van der Waals surface area contributed by atoms with Gasteiger partial charge in [0.15, 0.2) is 0 Å². The van der Waals surface area contributed by atoms with Gasteiger partial charge in [0.2, 0.25) is 5.91 Å². The summed E-state index contributed by atoms with van der Waals surface area (Å²) >= 11 is 0. The molecule has 3 rings (SSSR count). The number of phenols is 1. The molecule has 1 amide bonds. The van der Waals surface area contributed by atoms with Crippen molar-refractivity contribution in [3.05, 3.63) is 71.9 Å². The minimum Gasteiger partial charge on any atom is -0.548 e. The molecule has 0 saturated heterocycles. The van der Waals surface area contributed by atoms with Crippen molar-refractivity contribution in [2.75, 3.05) is 0 Å². The first kappa shape index (κ1) is 20.8. The fraction of sp³-hybridized carbons (Fsp3) is 0.100. The summed E-state index contributed by atoms with van der Waals surface area (Å²) in [5.74, 6) is -1.75. The number of hydrogen-bond donors (Lipinski definition) is 3. The van der Waals surface area contributed by atoms with E-state index in [0.29, 0.717) is 5.56 Å². The number of H-pyrrole nitrogens is 1. The molecule has 0 aliphatic carbocycles. The Morgan fingerprint density at radius 1 is 1.15 bits per heavy atom. The molecule has 0 aliphatic rings. The molecule has 6 nitrogen and oxygen atoms in total. The van der Waals surface area contributed by atoms with Crippen LogP contribution in [0.5, 0.6) is 5.75 Å². The van der Waals surface area contributed by atoms with Gasteiger partial charge in [-0.2, -0.15) is 0 Å². The Kier molecular flexibility index (Phi) is 7.24. The van der Waals surface area contributed by atoms with Crippen LogP contribution in [0.2, 0.25) is 0 Å². The summed E-state index contributed by atoms with van der Waals surface area (Å²) in [5, 5.41) is 24.0. The SMILES string of the molecule is O=C(C=Cc1ccc(O)cc1)N[C@@H](Cc1c[nH]c2ccccc12)C(=O)[O-].[Na+]. The van der Waals surface area contributed by atoms with Gasteiger partial charge in [-0.15, -0.1) is 0 Å². The summed E-state index contributed by atoms with van der Waals surface area (Å²) in [5.41, 5.74) is 2.40. The second kappa shape index (κ2) is 9.41. The van der Waals surface area contributed by atoms with Crippen molar-refractivity contribution in [1.29, 1.82) is 0 Å². The second-order valence-electron chi connectivity index (χ2n) is 5.87. The Labute approximate surface area is 178 Å². The van der Waals surface area contributed by atoms with Crippen LogP contribution in [-0.2, 0) is 16.0 Å². The maximum Gasteiger partial charge on any atom is 1.00 e. The number of carboxylic acid groups (broad SMARTS) is 1. The molecule has 1 aromatic heterocycles. The third-order valence-electron chi connectivity index (χ3n) is 4.02. The van der Waals surface area contributed by atoms with Crippen LogP contribution in [0, 0.1) is 0 Å². The van der Waals surface area contributed by atoms with Crippen molar-refractivity contribution < 1.29 is 49.4 Å². The summed E-state index contributed by atoms with van der Waals surface area (Å²) in [6.45, 7) is 0. The molecule has 7 heteroatoms. The molecule has 0 aliphatic heterocycles. The van der Waals surface area contributed by atoms with E-state index in [4.69, 9.17) is 0 Å². The number of para-hydroxylation sites is 1. The summed E-state index contributed by atoms with van der Waals surface area (Å²) < 4.78 is 0. The van der Waals surface area contributed by atoms with E-state index in [9.17, 15) is 19.8 Å². The van der Waals surface area contributed by atoms with Crippen LogP contribution in [0.15, 0.2) is 60.8 Å². The Morgan fingerprint density at radius 2 is 1.85 bits per heavy atom. The number of amides is 1. The van der Waals surface area contributed by atoms with E-state index in [2.05, 4.69) is 10.3 Å². The van der Waals surface area contributed by atoms with Gasteiger partial charge in [-0.1, -0.05) is 30.3 Å². The van der Waals surface area contributed by atoms with Crippen LogP contribution in [0.1, 0.15) is 11.1 Å². The van der Waals surface area contributed by atoms with Crippen molar-refractivity contribution >= 4 is 28.9 Å². The molecule has 132 valence electrons. The van der Waals surface area contributed by atoms with Gasteiger partial charge in [-0.3, -0.25) is 4.79 Å². The summed E-state index contributed by atoms with van der Waals surface area (Å²) in [6, 6.07) is 12.7.